The van der Waals surface area contributed by atoms with Gasteiger partial charge in [0.25, 0.3) is 0 Å². The molecule has 0 bridgehead atoms. The van der Waals surface area contributed by atoms with Crippen molar-refractivity contribution < 1.29 is 4.57 Å². The Morgan fingerprint density at radius 1 is 1.83 bits per heavy atom. The first-order valence-electron chi connectivity index (χ1n) is 2.01. The molecule has 6 heavy (non-hydrogen) atoms. The number of nitrogens with one attached hydrogen (secondary N) is 1. The van der Waals surface area contributed by atoms with Crippen LogP contribution < -0.4 is 5.09 Å². The molecule has 38 valence electrons. The van der Waals surface area contributed by atoms with E-state index >= 15 is 0 Å². The maximum atomic E-state index is 10.3. The molecule has 0 aliphatic carbocycles. The molecule has 0 radical (unpaired) electrons. The monoisotopic (exact) mass is 107 g/mol. The van der Waals surface area contributed by atoms with Crippen LogP contribution in [0.5, 0.6) is 0 Å². The van der Waals surface area contributed by atoms with Crippen LogP contribution in [-0.4, -0.2) is 13.2 Å². The van der Waals surface area contributed by atoms with Crippen LogP contribution in [0.4, 0.5) is 0 Å². The molecule has 2 nitrogen and oxygen atoms in total. The van der Waals surface area contributed by atoms with Crippen molar-refractivity contribution in [2.24, 2.45) is 0 Å². The lowest BCUT2D eigenvalue weighted by molar-refractivity contribution is 0.584. The number of hydrogen-bond donors (Lipinski definition) is 1. The Labute approximate surface area is 38.8 Å². The summed E-state index contributed by atoms with van der Waals surface area (Å²) in [5.74, 6) is 0. The Bertz CT molecular complexity index is 48.8. The molecule has 3 heteroatoms. The number of rotatable bonds is 2. The second-order valence-electron chi connectivity index (χ2n) is 1.03. The molecular weight excluding hydrogens is 97.0 g/mol. The molecule has 0 aromatic heterocycles. The van der Waals surface area contributed by atoms with Crippen molar-refractivity contribution in [1.29, 1.82) is 0 Å². The van der Waals surface area contributed by atoms with E-state index in [2.05, 4.69) is 5.09 Å². The van der Waals surface area contributed by atoms with Gasteiger partial charge in [-0.2, -0.15) is 0 Å². The molecule has 0 heterocycles. The van der Waals surface area contributed by atoms with E-state index in [-0.39, 0.29) is 0 Å². The van der Waals surface area contributed by atoms with Crippen molar-refractivity contribution in [3.63, 3.8) is 0 Å². The molecule has 0 aliphatic rings. The van der Waals surface area contributed by atoms with E-state index in [0.29, 0.717) is 0 Å². The van der Waals surface area contributed by atoms with Gasteiger partial charge < -0.3 is 4.57 Å². The second kappa shape index (κ2) is 3.38. The maximum Gasteiger partial charge on any atom is 0.135 e. The molecule has 0 spiro atoms. The van der Waals surface area contributed by atoms with Crippen molar-refractivity contribution in [3.8, 4) is 0 Å². The molecule has 0 saturated carbocycles. The molecule has 0 aromatic carbocycles. The van der Waals surface area contributed by atoms with Gasteiger partial charge in [-0.25, -0.2) is 0 Å². The summed E-state index contributed by atoms with van der Waals surface area (Å²) < 4.78 is 10.3. The minimum Gasteiger partial charge on any atom is -0.310 e. The Kier molecular flexibility index (Phi) is 3.49. The summed E-state index contributed by atoms with van der Waals surface area (Å²) in [6.45, 7) is 1.90. The molecule has 0 rings (SSSR count). The van der Waals surface area contributed by atoms with Crippen LogP contribution in [0.1, 0.15) is 6.92 Å². The van der Waals surface area contributed by atoms with Gasteiger partial charge in [0.05, 0.1) is 0 Å². The summed E-state index contributed by atoms with van der Waals surface area (Å²) in [7, 11) is 0.345. The summed E-state index contributed by atoms with van der Waals surface area (Å²) >= 11 is 0. The van der Waals surface area contributed by atoms with Crippen molar-refractivity contribution in [2.75, 3.05) is 13.2 Å². The SMILES string of the molecule is CC[PH](=O)NC. The summed E-state index contributed by atoms with van der Waals surface area (Å²) in [5.41, 5.74) is 0. The molecule has 0 aromatic rings. The van der Waals surface area contributed by atoms with Gasteiger partial charge in [0.15, 0.2) is 0 Å². The van der Waals surface area contributed by atoms with Gasteiger partial charge in [0.2, 0.25) is 0 Å². The highest BCUT2D eigenvalue weighted by Crippen LogP contribution is 2.08. The Hall–Kier alpha value is 0.190. The van der Waals surface area contributed by atoms with E-state index in [9.17, 15) is 4.57 Å². The van der Waals surface area contributed by atoms with Crippen LogP contribution in [-0.2, 0) is 4.57 Å². The first kappa shape index (κ1) is 6.19. The third-order valence-corrected chi connectivity index (χ3v) is 1.80. The van der Waals surface area contributed by atoms with E-state index in [4.69, 9.17) is 0 Å². The van der Waals surface area contributed by atoms with E-state index < -0.39 is 7.95 Å². The smallest absolute Gasteiger partial charge is 0.135 e. The van der Waals surface area contributed by atoms with Crippen LogP contribution in [0.15, 0.2) is 0 Å². The standard InChI is InChI=1S/C3H10NOP/c1-3-6(5)4-2/h6H,3H2,1-2H3,(H,4,5). The Morgan fingerprint density at radius 3 is 2.33 bits per heavy atom. The largest absolute Gasteiger partial charge is 0.310 e. The van der Waals surface area contributed by atoms with Gasteiger partial charge in [-0.3, -0.25) is 5.09 Å². The van der Waals surface area contributed by atoms with Crippen LogP contribution in [0.25, 0.3) is 0 Å². The quantitative estimate of drug-likeness (QED) is 0.526. The average Bonchev–Trinajstić information content (AvgIpc) is 1.65. The first-order chi connectivity index (χ1) is 2.81. The second-order valence-corrected chi connectivity index (χ2v) is 3.08. The molecule has 0 aliphatic heterocycles. The van der Waals surface area contributed by atoms with E-state index in [1.54, 1.807) is 7.05 Å². The lowest BCUT2D eigenvalue weighted by atomic mass is 11.0. The van der Waals surface area contributed by atoms with Crippen LogP contribution in [0.2, 0.25) is 0 Å². The van der Waals surface area contributed by atoms with Gasteiger partial charge in [0, 0.05) is 6.16 Å². The molecule has 0 saturated heterocycles. The third kappa shape index (κ3) is 2.43. The van der Waals surface area contributed by atoms with E-state index in [1.807, 2.05) is 6.92 Å². The predicted octanol–water partition coefficient (Wildman–Crippen LogP) is 0.700. The molecular formula is C3H10NOP. The lowest BCUT2D eigenvalue weighted by Crippen LogP contribution is -1.90. The van der Waals surface area contributed by atoms with Crippen LogP contribution in [0, 0.1) is 0 Å². The minimum atomic E-state index is -1.37. The van der Waals surface area contributed by atoms with Gasteiger partial charge >= 0.3 is 0 Å². The normalized spacial score (nSPS) is 14.3. The lowest BCUT2D eigenvalue weighted by Gasteiger charge is -1.87. The summed E-state index contributed by atoms with van der Waals surface area (Å²) in [6.07, 6.45) is 0.765. The van der Waals surface area contributed by atoms with Gasteiger partial charge in [0.1, 0.15) is 7.95 Å². The van der Waals surface area contributed by atoms with E-state index in [0.717, 1.165) is 6.16 Å². The molecule has 0 fully saturated rings. The summed E-state index contributed by atoms with van der Waals surface area (Å²) in [6, 6.07) is 0. The fraction of sp³-hybridized carbons (Fsp3) is 1.00. The summed E-state index contributed by atoms with van der Waals surface area (Å²) in [5, 5.41) is 2.66. The van der Waals surface area contributed by atoms with Crippen molar-refractivity contribution in [1.82, 2.24) is 5.09 Å². The Morgan fingerprint density at radius 2 is 2.33 bits per heavy atom. The average molecular weight is 107 g/mol. The predicted molar refractivity (Wildman–Crippen MR) is 28.6 cm³/mol. The van der Waals surface area contributed by atoms with Crippen molar-refractivity contribution in [2.45, 2.75) is 6.92 Å². The van der Waals surface area contributed by atoms with E-state index in [1.165, 1.54) is 0 Å². The van der Waals surface area contributed by atoms with Crippen LogP contribution in [0.3, 0.4) is 0 Å². The van der Waals surface area contributed by atoms with Crippen LogP contribution >= 0.6 is 7.95 Å². The first-order valence-corrected chi connectivity index (χ1v) is 3.63. The highest BCUT2D eigenvalue weighted by atomic mass is 31.1. The van der Waals surface area contributed by atoms with Crippen molar-refractivity contribution in [3.05, 3.63) is 0 Å². The molecule has 1 atom stereocenters. The Balaban J connectivity index is 2.99. The van der Waals surface area contributed by atoms with Gasteiger partial charge in [-0.05, 0) is 7.05 Å². The molecule has 1 unspecified atom stereocenters. The highest BCUT2D eigenvalue weighted by Gasteiger charge is 1.81. The minimum absolute atomic E-state index is 0.765. The zero-order valence-electron chi connectivity index (χ0n) is 4.12. The third-order valence-electron chi connectivity index (χ3n) is 0.600. The number of hydrogen-bond acceptors (Lipinski definition) is 1. The molecule has 0 amide bonds. The fourth-order valence-corrected chi connectivity index (χ4v) is 0.530. The van der Waals surface area contributed by atoms with Gasteiger partial charge in [-0.1, -0.05) is 6.92 Å². The summed E-state index contributed by atoms with van der Waals surface area (Å²) in [4.78, 5) is 0. The topological polar surface area (TPSA) is 29.1 Å². The zero-order valence-corrected chi connectivity index (χ0v) is 5.12. The van der Waals surface area contributed by atoms with Gasteiger partial charge in [-0.15, -0.1) is 0 Å². The molecule has 1 N–H and O–H groups in total. The fourth-order valence-electron chi connectivity index (χ4n) is 0.177. The highest BCUT2D eigenvalue weighted by molar-refractivity contribution is 7.42. The van der Waals surface area contributed by atoms with Crippen molar-refractivity contribution >= 4 is 7.95 Å². The maximum absolute atomic E-state index is 10.3. The zero-order chi connectivity index (χ0) is 4.99.